The molecule has 0 unspecified atom stereocenters. The summed E-state index contributed by atoms with van der Waals surface area (Å²) in [5.74, 6) is 0.159. The predicted octanol–water partition coefficient (Wildman–Crippen LogP) is 3.62. The molecule has 0 spiro atoms. The third-order valence-corrected chi connectivity index (χ3v) is 8.03. The molecule has 13 nitrogen and oxygen atoms in total. The summed E-state index contributed by atoms with van der Waals surface area (Å²) in [6.45, 7) is 9.64. The van der Waals surface area contributed by atoms with E-state index < -0.39 is 28.1 Å². The smallest absolute Gasteiger partial charge is 0.321 e. The minimum Gasteiger partial charge on any atom is -0.490 e. The number of rotatable bonds is 7. The van der Waals surface area contributed by atoms with Crippen LogP contribution in [-0.4, -0.2) is 98.3 Å². The Kier molecular flexibility index (Phi) is 11.8. The van der Waals surface area contributed by atoms with Gasteiger partial charge in [0.15, 0.2) is 5.76 Å². The Morgan fingerprint density at radius 1 is 1.26 bits per heavy atom. The van der Waals surface area contributed by atoms with Crippen molar-refractivity contribution in [1.29, 1.82) is 0 Å². The lowest BCUT2D eigenvalue weighted by Crippen LogP contribution is -2.48. The van der Waals surface area contributed by atoms with Crippen molar-refractivity contribution in [3.05, 3.63) is 35.2 Å². The first-order valence-electron chi connectivity index (χ1n) is 14.5. The number of nitrogens with one attached hydrogen (secondary N) is 2. The van der Waals surface area contributed by atoms with Gasteiger partial charge in [-0.15, -0.1) is 0 Å². The second-order valence-corrected chi connectivity index (χ2v) is 13.1. The number of nitrogens with zero attached hydrogens (tertiary/aromatic N) is 3. The van der Waals surface area contributed by atoms with Crippen molar-refractivity contribution in [3.8, 4) is 5.75 Å². The minimum atomic E-state index is -3.59. The summed E-state index contributed by atoms with van der Waals surface area (Å²) in [5, 5.41) is 16.8. The lowest BCUT2D eigenvalue weighted by atomic mass is 10.0. The number of aliphatic hydroxyl groups excluding tert-OH is 1. The maximum atomic E-state index is 14.1. The first-order valence-corrected chi connectivity index (χ1v) is 16.4. The number of amides is 3. The Hall–Kier alpha value is -3.36. The number of benzene rings is 1. The molecule has 2 aromatic rings. The van der Waals surface area contributed by atoms with Crippen molar-refractivity contribution in [3.63, 3.8) is 0 Å². The molecule has 0 aliphatic carbocycles. The molecule has 0 bridgehead atoms. The molecule has 0 radical (unpaired) electrons. The van der Waals surface area contributed by atoms with Gasteiger partial charge in [0.25, 0.3) is 5.91 Å². The number of aryl methyl sites for hydroxylation is 2. The minimum absolute atomic E-state index is 0.179. The Balaban J connectivity index is 1.92. The van der Waals surface area contributed by atoms with Crippen molar-refractivity contribution in [2.45, 2.75) is 72.1 Å². The topological polar surface area (TPSA) is 164 Å². The number of anilines is 2. The summed E-state index contributed by atoms with van der Waals surface area (Å²) in [6.07, 6.45) is 2.67. The van der Waals surface area contributed by atoms with Gasteiger partial charge in [-0.1, -0.05) is 12.1 Å². The number of sulfonamides is 1. The van der Waals surface area contributed by atoms with E-state index in [1.54, 1.807) is 40.0 Å². The number of aromatic nitrogens is 1. The second kappa shape index (κ2) is 14.9. The van der Waals surface area contributed by atoms with Crippen molar-refractivity contribution in [2.75, 3.05) is 49.6 Å². The first-order chi connectivity index (χ1) is 20.2. The normalized spacial score (nSPS) is 21.3. The zero-order valence-corrected chi connectivity index (χ0v) is 26.9. The molecule has 0 saturated carbocycles. The van der Waals surface area contributed by atoms with Crippen LogP contribution in [0.4, 0.5) is 16.2 Å². The van der Waals surface area contributed by atoms with Gasteiger partial charge in [-0.25, -0.2) is 13.2 Å². The molecule has 3 N–H and O–H groups in total. The highest BCUT2D eigenvalue weighted by molar-refractivity contribution is 7.92. The highest BCUT2D eigenvalue weighted by atomic mass is 32.2. The molecule has 4 atom stereocenters. The third kappa shape index (κ3) is 9.57. The number of hydrogen-bond donors (Lipinski definition) is 3. The zero-order chi connectivity index (χ0) is 31.9. The molecular weight excluding hydrogens is 578 g/mol. The van der Waals surface area contributed by atoms with Crippen molar-refractivity contribution in [2.24, 2.45) is 5.92 Å². The Labute approximate surface area is 253 Å². The zero-order valence-electron chi connectivity index (χ0n) is 26.0. The number of hydrogen-bond acceptors (Lipinski definition) is 9. The average molecular weight is 624 g/mol. The number of carbonyl (C=O) groups excluding carboxylic acids is 2. The van der Waals surface area contributed by atoms with Gasteiger partial charge in [0.2, 0.25) is 10.0 Å². The Bertz CT molecular complexity index is 1350. The van der Waals surface area contributed by atoms with Crippen LogP contribution in [0.3, 0.4) is 0 Å². The summed E-state index contributed by atoms with van der Waals surface area (Å²) in [6, 6.07) is 3.68. The number of aliphatic hydroxyl groups is 1. The van der Waals surface area contributed by atoms with Crippen LogP contribution in [0.25, 0.3) is 0 Å². The fourth-order valence-corrected chi connectivity index (χ4v) is 5.43. The molecule has 1 aromatic carbocycles. The maximum absolute atomic E-state index is 14.1. The summed E-state index contributed by atoms with van der Waals surface area (Å²) < 4.78 is 43.9. The molecule has 0 fully saturated rings. The van der Waals surface area contributed by atoms with E-state index in [0.717, 1.165) is 19.1 Å². The van der Waals surface area contributed by atoms with Gasteiger partial charge in [-0.2, -0.15) is 0 Å². The first kappa shape index (κ1) is 34.1. The van der Waals surface area contributed by atoms with Crippen LogP contribution in [0.15, 0.2) is 22.7 Å². The van der Waals surface area contributed by atoms with E-state index in [9.17, 15) is 23.1 Å². The highest BCUT2D eigenvalue weighted by Gasteiger charge is 2.31. The van der Waals surface area contributed by atoms with Crippen LogP contribution < -0.4 is 14.8 Å². The van der Waals surface area contributed by atoms with Crippen LogP contribution in [0.1, 0.15) is 61.8 Å². The van der Waals surface area contributed by atoms with Gasteiger partial charge in [0.1, 0.15) is 17.1 Å². The Morgan fingerprint density at radius 3 is 2.60 bits per heavy atom. The molecule has 3 rings (SSSR count). The molecule has 3 amide bonds. The van der Waals surface area contributed by atoms with Gasteiger partial charge >= 0.3 is 6.03 Å². The van der Waals surface area contributed by atoms with Crippen LogP contribution in [0.2, 0.25) is 0 Å². The summed E-state index contributed by atoms with van der Waals surface area (Å²) in [4.78, 5) is 30.2. The molecule has 0 saturated heterocycles. The van der Waals surface area contributed by atoms with E-state index in [-0.39, 0.29) is 49.0 Å². The van der Waals surface area contributed by atoms with E-state index in [0.29, 0.717) is 35.9 Å². The van der Waals surface area contributed by atoms with E-state index in [1.165, 1.54) is 15.9 Å². The quantitative estimate of drug-likeness (QED) is 0.418. The Morgan fingerprint density at radius 2 is 1.98 bits per heavy atom. The van der Waals surface area contributed by atoms with Crippen molar-refractivity contribution < 1.29 is 37.1 Å². The van der Waals surface area contributed by atoms with E-state index in [4.69, 9.17) is 14.0 Å². The van der Waals surface area contributed by atoms with Gasteiger partial charge < -0.3 is 34.2 Å². The number of carbonyl (C=O) groups is 2. The van der Waals surface area contributed by atoms with Gasteiger partial charge in [-0.3, -0.25) is 9.52 Å². The van der Waals surface area contributed by atoms with Gasteiger partial charge in [0, 0.05) is 38.3 Å². The number of urea groups is 1. The van der Waals surface area contributed by atoms with Crippen LogP contribution in [0.5, 0.6) is 5.75 Å². The van der Waals surface area contributed by atoms with E-state index in [1.807, 2.05) is 13.8 Å². The average Bonchev–Trinajstić information content (AvgIpc) is 3.25. The summed E-state index contributed by atoms with van der Waals surface area (Å²) in [5.41, 5.74) is 1.50. The van der Waals surface area contributed by atoms with E-state index in [2.05, 4.69) is 15.2 Å². The molecule has 1 aromatic heterocycles. The molecule has 43 heavy (non-hydrogen) atoms. The van der Waals surface area contributed by atoms with Gasteiger partial charge in [0.05, 0.1) is 36.7 Å². The van der Waals surface area contributed by atoms with Crippen molar-refractivity contribution >= 4 is 33.3 Å². The summed E-state index contributed by atoms with van der Waals surface area (Å²) in [7, 11) is -1.92. The maximum Gasteiger partial charge on any atom is 0.321 e. The fraction of sp³-hybridized carbons (Fsp3) is 0.621. The lowest BCUT2D eigenvalue weighted by Gasteiger charge is -2.35. The summed E-state index contributed by atoms with van der Waals surface area (Å²) >= 11 is 0. The van der Waals surface area contributed by atoms with E-state index >= 15 is 0 Å². The highest BCUT2D eigenvalue weighted by Crippen LogP contribution is 2.29. The number of fused-ring (bicyclic) bond motifs is 1. The molecule has 240 valence electrons. The van der Waals surface area contributed by atoms with Gasteiger partial charge in [-0.05, 0) is 65.2 Å². The third-order valence-electron chi connectivity index (χ3n) is 7.42. The molecule has 14 heteroatoms. The second-order valence-electron chi connectivity index (χ2n) is 11.4. The van der Waals surface area contributed by atoms with Crippen LogP contribution in [0, 0.1) is 19.8 Å². The molecule has 1 aliphatic heterocycles. The standard InChI is InChI=1S/C29H45N5O8S/c1-18-15-34(19(2)17-35)28(36)24-14-23(32-43(7,38)39)11-12-25(24)41-20(3)10-8-9-13-40-26(18)16-33(6)29(37)30-27-21(4)31-42-22(27)5/h11-12,14,18-20,26,32,35H,8-10,13,15-17H2,1-7H3,(H,30,37)/t18-,19-,20-,26+/m1/s1. The van der Waals surface area contributed by atoms with Crippen LogP contribution >= 0.6 is 0 Å². The SMILES string of the molecule is Cc1noc(C)c1NC(=O)N(C)C[C@@H]1OCCCC[C@@H](C)Oc2ccc(NS(C)(=O)=O)cc2C(=O)N([C@H](C)CO)C[C@H]1C. The fourth-order valence-electron chi connectivity index (χ4n) is 4.88. The molecular formula is C29H45N5O8S. The lowest BCUT2D eigenvalue weighted by molar-refractivity contribution is -0.0115. The number of ether oxygens (including phenoxy) is 2. The van der Waals surface area contributed by atoms with Crippen LogP contribution in [-0.2, 0) is 14.8 Å². The number of likely N-dealkylation sites (N-methyl/N-ethyl adjacent to an activating group) is 1. The monoisotopic (exact) mass is 623 g/mol. The van der Waals surface area contributed by atoms with Crippen molar-refractivity contribution in [1.82, 2.24) is 15.0 Å². The largest absolute Gasteiger partial charge is 0.490 e. The molecule has 1 aliphatic rings. The molecule has 2 heterocycles. The predicted molar refractivity (Wildman–Crippen MR) is 163 cm³/mol.